The van der Waals surface area contributed by atoms with Crippen LogP contribution in [0.1, 0.15) is 187 Å². The molecule has 0 aromatic heterocycles. The van der Waals surface area contributed by atoms with Crippen LogP contribution in [-0.4, -0.2) is 73.4 Å². The molecule has 0 heterocycles. The van der Waals surface area contributed by atoms with Gasteiger partial charge in [0.05, 0.1) is 39.9 Å². The molecule has 3 unspecified atom stereocenters. The third-order valence-corrected chi connectivity index (χ3v) is 10.2. The number of carbonyl (C=O) groups excluding carboxylic acids is 1. The van der Waals surface area contributed by atoms with E-state index in [2.05, 4.69) is 19.2 Å². The summed E-state index contributed by atoms with van der Waals surface area (Å²) in [5.74, 6) is -0.177. The van der Waals surface area contributed by atoms with Gasteiger partial charge in [-0.3, -0.25) is 13.8 Å². The predicted octanol–water partition coefficient (Wildman–Crippen LogP) is 10.8. The van der Waals surface area contributed by atoms with Gasteiger partial charge in [-0.25, -0.2) is 4.57 Å². The zero-order valence-electron chi connectivity index (χ0n) is 32.9. The molecule has 0 rings (SSSR count). The summed E-state index contributed by atoms with van der Waals surface area (Å²) in [6, 6.07) is -0.838. The molecule has 0 spiro atoms. The lowest BCUT2D eigenvalue weighted by Crippen LogP contribution is -2.45. The molecular weight excluding hydrogens is 635 g/mol. The van der Waals surface area contributed by atoms with Crippen molar-refractivity contribution in [1.82, 2.24) is 5.32 Å². The fourth-order valence-electron chi connectivity index (χ4n) is 5.92. The van der Waals surface area contributed by atoms with Crippen molar-refractivity contribution in [2.45, 2.75) is 199 Å². The van der Waals surface area contributed by atoms with E-state index in [0.29, 0.717) is 17.4 Å². The molecule has 0 fully saturated rings. The Hall–Kier alpha value is -0.760. The fraction of sp³-hybridized carbons (Fsp3) is 0.925. The quantitative estimate of drug-likeness (QED) is 0.0256. The molecule has 0 aliphatic carbocycles. The Morgan fingerprint density at radius 3 is 1.51 bits per heavy atom. The molecule has 0 saturated carbocycles. The van der Waals surface area contributed by atoms with Crippen molar-refractivity contribution in [2.24, 2.45) is 0 Å². The first-order valence-corrected chi connectivity index (χ1v) is 22.1. The molecule has 3 N–H and O–H groups in total. The highest BCUT2D eigenvalue weighted by Crippen LogP contribution is 2.43. The molecule has 0 aromatic rings. The van der Waals surface area contributed by atoms with Crippen molar-refractivity contribution in [1.29, 1.82) is 0 Å². The molecular formula is C40H82N2O6P+. The number of phosphoric ester groups is 1. The summed E-state index contributed by atoms with van der Waals surface area (Å²) < 4.78 is 23.5. The third-order valence-electron chi connectivity index (χ3n) is 9.26. The van der Waals surface area contributed by atoms with Crippen molar-refractivity contribution in [3.63, 3.8) is 0 Å². The molecule has 49 heavy (non-hydrogen) atoms. The lowest BCUT2D eigenvalue weighted by atomic mass is 10.0. The van der Waals surface area contributed by atoms with E-state index >= 15 is 0 Å². The molecule has 0 aromatic carbocycles. The normalized spacial score (nSPS) is 14.7. The minimum absolute atomic E-state index is 0.0643. The van der Waals surface area contributed by atoms with Gasteiger partial charge in [0.15, 0.2) is 0 Å². The lowest BCUT2D eigenvalue weighted by Gasteiger charge is -2.25. The molecule has 1 amide bonds. The number of hydrogen-bond acceptors (Lipinski definition) is 5. The SMILES string of the molecule is CCCCCCCCCCCCC/C=C/C(O)C(COP(=O)(O)OCC[N+](C)(C)C)NC(=O)CCCCCCCCCCCCCCCC. The number of phosphoric acid groups is 1. The second kappa shape index (κ2) is 33.1. The van der Waals surface area contributed by atoms with Gasteiger partial charge in [0.25, 0.3) is 0 Å². The summed E-state index contributed by atoms with van der Waals surface area (Å²) >= 11 is 0. The molecule has 292 valence electrons. The summed E-state index contributed by atoms with van der Waals surface area (Å²) in [6.07, 6.45) is 35.5. The molecule has 0 bridgehead atoms. The van der Waals surface area contributed by atoms with Gasteiger partial charge in [0, 0.05) is 6.42 Å². The number of nitrogens with zero attached hydrogens (tertiary/aromatic N) is 1. The van der Waals surface area contributed by atoms with Gasteiger partial charge in [-0.2, -0.15) is 0 Å². The van der Waals surface area contributed by atoms with Crippen LogP contribution < -0.4 is 5.32 Å². The van der Waals surface area contributed by atoms with E-state index in [1.54, 1.807) is 6.08 Å². The Morgan fingerprint density at radius 2 is 1.08 bits per heavy atom. The fourth-order valence-corrected chi connectivity index (χ4v) is 6.66. The van der Waals surface area contributed by atoms with Gasteiger partial charge in [-0.05, 0) is 19.3 Å². The van der Waals surface area contributed by atoms with Crippen LogP contribution in [0.2, 0.25) is 0 Å². The summed E-state index contributed by atoms with van der Waals surface area (Å²) in [7, 11) is 1.58. The largest absolute Gasteiger partial charge is 0.472 e. The van der Waals surface area contributed by atoms with Crippen molar-refractivity contribution >= 4 is 13.7 Å². The highest BCUT2D eigenvalue weighted by Gasteiger charge is 2.27. The number of aliphatic hydroxyl groups excluding tert-OH is 1. The number of hydrogen-bond donors (Lipinski definition) is 3. The number of likely N-dealkylation sites (N-methyl/N-ethyl adjacent to an activating group) is 1. The van der Waals surface area contributed by atoms with Crippen LogP contribution in [0.3, 0.4) is 0 Å². The van der Waals surface area contributed by atoms with Crippen LogP contribution in [0.5, 0.6) is 0 Å². The Labute approximate surface area is 303 Å². The van der Waals surface area contributed by atoms with Gasteiger partial charge >= 0.3 is 7.82 Å². The number of carbonyl (C=O) groups is 1. The van der Waals surface area contributed by atoms with Crippen molar-refractivity contribution in [2.75, 3.05) is 40.9 Å². The maximum atomic E-state index is 12.8. The van der Waals surface area contributed by atoms with Crippen molar-refractivity contribution in [3.05, 3.63) is 12.2 Å². The van der Waals surface area contributed by atoms with E-state index in [4.69, 9.17) is 9.05 Å². The van der Waals surface area contributed by atoms with Crippen molar-refractivity contribution in [3.8, 4) is 0 Å². The second-order valence-electron chi connectivity index (χ2n) is 15.4. The molecule has 0 radical (unpaired) electrons. The number of allylic oxidation sites excluding steroid dienone is 1. The van der Waals surface area contributed by atoms with E-state index < -0.39 is 20.0 Å². The van der Waals surface area contributed by atoms with Gasteiger partial charge in [-0.15, -0.1) is 0 Å². The van der Waals surface area contributed by atoms with Crippen molar-refractivity contribution < 1.29 is 32.9 Å². The first-order chi connectivity index (χ1) is 23.5. The Balaban J connectivity index is 4.47. The van der Waals surface area contributed by atoms with E-state index in [1.807, 2.05) is 27.2 Å². The zero-order valence-corrected chi connectivity index (χ0v) is 33.8. The standard InChI is InChI=1S/C40H81N2O6P/c1-6-8-10-12-14-16-18-20-22-24-26-28-30-32-34-40(44)41-38(37-48-49(45,46)47-36-35-42(3,4)5)39(43)33-31-29-27-25-23-21-19-17-15-13-11-9-7-2/h31,33,38-39,43H,6-30,32,34-37H2,1-5H3,(H-,41,44,45,46)/p+1/b33-31+. The maximum absolute atomic E-state index is 12.8. The van der Waals surface area contributed by atoms with Crippen LogP contribution in [0.4, 0.5) is 0 Å². The lowest BCUT2D eigenvalue weighted by molar-refractivity contribution is -0.870. The van der Waals surface area contributed by atoms with Crippen LogP contribution in [0, 0.1) is 0 Å². The van der Waals surface area contributed by atoms with Crippen LogP contribution in [-0.2, 0) is 18.4 Å². The van der Waals surface area contributed by atoms with Crippen LogP contribution in [0.25, 0.3) is 0 Å². The number of quaternary nitrogens is 1. The topological polar surface area (TPSA) is 105 Å². The first kappa shape index (κ1) is 48.2. The van der Waals surface area contributed by atoms with E-state index in [9.17, 15) is 19.4 Å². The summed E-state index contributed by atoms with van der Waals surface area (Å²) in [6.45, 7) is 4.81. The monoisotopic (exact) mass is 718 g/mol. The highest BCUT2D eigenvalue weighted by atomic mass is 31.2. The minimum atomic E-state index is -4.32. The smallest absolute Gasteiger partial charge is 0.387 e. The average molecular weight is 718 g/mol. The molecule has 8 nitrogen and oxygen atoms in total. The van der Waals surface area contributed by atoms with E-state index in [0.717, 1.165) is 38.5 Å². The number of rotatable bonds is 37. The van der Waals surface area contributed by atoms with E-state index in [1.165, 1.54) is 128 Å². The molecule has 0 saturated heterocycles. The summed E-state index contributed by atoms with van der Waals surface area (Å²) in [4.78, 5) is 23.0. The second-order valence-corrected chi connectivity index (χ2v) is 16.8. The van der Waals surface area contributed by atoms with Gasteiger partial charge < -0.3 is 19.8 Å². The Morgan fingerprint density at radius 1 is 0.673 bits per heavy atom. The highest BCUT2D eigenvalue weighted by molar-refractivity contribution is 7.47. The number of unbranched alkanes of at least 4 members (excludes halogenated alkanes) is 24. The summed E-state index contributed by atoms with van der Waals surface area (Å²) in [5.41, 5.74) is 0. The first-order valence-electron chi connectivity index (χ1n) is 20.6. The van der Waals surface area contributed by atoms with Crippen LogP contribution in [0.15, 0.2) is 12.2 Å². The Bertz CT molecular complexity index is 819. The molecule has 0 aliphatic heterocycles. The summed E-state index contributed by atoms with van der Waals surface area (Å²) in [5, 5.41) is 13.8. The molecule has 3 atom stereocenters. The van der Waals surface area contributed by atoms with Gasteiger partial charge in [0.2, 0.25) is 5.91 Å². The number of aliphatic hydroxyl groups is 1. The molecule has 9 heteroatoms. The zero-order chi connectivity index (χ0) is 36.5. The van der Waals surface area contributed by atoms with E-state index in [-0.39, 0.29) is 19.1 Å². The number of nitrogens with one attached hydrogen (secondary N) is 1. The van der Waals surface area contributed by atoms with Gasteiger partial charge in [-0.1, -0.05) is 174 Å². The third kappa shape index (κ3) is 35.4. The minimum Gasteiger partial charge on any atom is -0.387 e. The molecule has 0 aliphatic rings. The van der Waals surface area contributed by atoms with Crippen LogP contribution >= 0.6 is 7.82 Å². The maximum Gasteiger partial charge on any atom is 0.472 e. The number of amides is 1. The van der Waals surface area contributed by atoms with Gasteiger partial charge in [0.1, 0.15) is 13.2 Å². The average Bonchev–Trinajstić information content (AvgIpc) is 3.04. The Kier molecular flexibility index (Phi) is 32.6. The predicted molar refractivity (Wildman–Crippen MR) is 208 cm³/mol.